The smallest absolute Gasteiger partial charge is 0.0350 e. The molecule has 1 aromatic carbocycles. The Hall–Kier alpha value is -0.470. The largest absolute Gasteiger partial charge is 0.325 e. The van der Waals surface area contributed by atoms with E-state index < -0.39 is 0 Å². The van der Waals surface area contributed by atoms with Gasteiger partial charge in [-0.2, -0.15) is 0 Å². The minimum absolute atomic E-state index is 0.769. The van der Waals surface area contributed by atoms with E-state index in [4.69, 9.17) is 4.55 Å². The molecule has 42 valence electrons. The van der Waals surface area contributed by atoms with Crippen molar-refractivity contribution in [3.63, 3.8) is 0 Å². The van der Waals surface area contributed by atoms with Gasteiger partial charge < -0.3 is 4.55 Å². The summed E-state index contributed by atoms with van der Waals surface area (Å²) in [4.78, 5) is 0.882. The van der Waals surface area contributed by atoms with Crippen LogP contribution >= 0.6 is 12.0 Å². The van der Waals surface area contributed by atoms with E-state index >= 15 is 0 Å². The van der Waals surface area contributed by atoms with E-state index in [2.05, 4.69) is 0 Å². The van der Waals surface area contributed by atoms with Crippen molar-refractivity contribution in [2.45, 2.75) is 4.90 Å². The molecule has 0 aliphatic carbocycles. The van der Waals surface area contributed by atoms with Gasteiger partial charge >= 0.3 is 0 Å². The third-order valence-corrected chi connectivity index (χ3v) is 1.33. The molecule has 1 rings (SSSR count). The summed E-state index contributed by atoms with van der Waals surface area (Å²) in [5, 5.41) is 0. The summed E-state index contributed by atoms with van der Waals surface area (Å²) in [5.74, 6) is 0. The Morgan fingerprint density at radius 1 is 1.12 bits per heavy atom. The minimum Gasteiger partial charge on any atom is -0.325 e. The van der Waals surface area contributed by atoms with Crippen LogP contribution in [0.25, 0.3) is 0 Å². The van der Waals surface area contributed by atoms with Crippen molar-refractivity contribution >= 4 is 12.0 Å². The fourth-order valence-electron chi connectivity index (χ4n) is 0.481. The second-order valence-corrected chi connectivity index (χ2v) is 2.06. The molecule has 2 heteroatoms. The summed E-state index contributed by atoms with van der Waals surface area (Å²) in [6.45, 7) is 0. The Labute approximate surface area is 52.6 Å². The highest BCUT2D eigenvalue weighted by Gasteiger charge is 1.82. The second kappa shape index (κ2) is 2.74. The first-order valence-corrected chi connectivity index (χ1v) is 3.07. The molecule has 1 aromatic rings. The van der Waals surface area contributed by atoms with Crippen LogP contribution in [0.1, 0.15) is 0 Å². The Balaban J connectivity index is 2.83. The van der Waals surface area contributed by atoms with Gasteiger partial charge in [-0.15, -0.1) is 0 Å². The highest BCUT2D eigenvalue weighted by molar-refractivity contribution is 7.93. The topological polar surface area (TPSA) is 20.2 Å². The molecule has 8 heavy (non-hydrogen) atoms. The van der Waals surface area contributed by atoms with Gasteiger partial charge in [0, 0.05) is 16.9 Å². The Bertz CT molecular complexity index is 150. The molecule has 0 radical (unpaired) electrons. The molecule has 0 amide bonds. The van der Waals surface area contributed by atoms with Crippen LogP contribution in [0.5, 0.6) is 0 Å². The Kier molecular flexibility index (Phi) is 1.94. The molecular weight excluding hydrogens is 120 g/mol. The molecule has 0 atom stereocenters. The van der Waals surface area contributed by atoms with Gasteiger partial charge in [-0.05, 0) is 12.1 Å². The van der Waals surface area contributed by atoms with Gasteiger partial charge in [-0.3, -0.25) is 0 Å². The fraction of sp³-hybridized carbons (Fsp3) is 0. The Morgan fingerprint density at radius 2 is 1.75 bits per heavy atom. The summed E-state index contributed by atoms with van der Waals surface area (Å²) in [6, 6.07) is 9.40. The molecule has 1 N–H and O–H groups in total. The molecule has 0 bridgehead atoms. The predicted octanol–water partition coefficient (Wildman–Crippen LogP) is 2.25. The van der Waals surface area contributed by atoms with Crippen LogP contribution in [0.2, 0.25) is 0 Å². The van der Waals surface area contributed by atoms with Crippen LogP contribution in [-0.2, 0) is 0 Å². The third-order valence-electron chi connectivity index (χ3n) is 0.849. The normalized spacial score (nSPS) is 9.12. The SMILES string of the molecule is OSc1ccccc1. The van der Waals surface area contributed by atoms with E-state index in [-0.39, 0.29) is 0 Å². The molecule has 0 saturated carbocycles. The second-order valence-electron chi connectivity index (χ2n) is 1.40. The third kappa shape index (κ3) is 1.25. The van der Waals surface area contributed by atoms with Gasteiger partial charge in [0.2, 0.25) is 0 Å². The van der Waals surface area contributed by atoms with Crippen LogP contribution in [0.4, 0.5) is 0 Å². The molecule has 0 fully saturated rings. The molecular formula is C6H6OS. The van der Waals surface area contributed by atoms with Crippen molar-refractivity contribution in [2.75, 3.05) is 0 Å². The molecule has 0 unspecified atom stereocenters. The van der Waals surface area contributed by atoms with Gasteiger partial charge in [0.1, 0.15) is 0 Å². The van der Waals surface area contributed by atoms with Crippen LogP contribution in [0.3, 0.4) is 0 Å². The fourth-order valence-corrected chi connectivity index (χ4v) is 0.760. The maximum absolute atomic E-state index is 8.45. The summed E-state index contributed by atoms with van der Waals surface area (Å²) in [6.07, 6.45) is 0. The van der Waals surface area contributed by atoms with E-state index in [1.165, 1.54) is 0 Å². The van der Waals surface area contributed by atoms with Crippen LogP contribution in [0.15, 0.2) is 35.2 Å². The molecule has 0 spiro atoms. The van der Waals surface area contributed by atoms with Crippen LogP contribution < -0.4 is 0 Å². The maximum Gasteiger partial charge on any atom is 0.0350 e. The number of benzene rings is 1. The quantitative estimate of drug-likeness (QED) is 0.582. The molecule has 1 nitrogen and oxygen atoms in total. The zero-order chi connectivity index (χ0) is 5.82. The first-order chi connectivity index (χ1) is 3.93. The predicted molar refractivity (Wildman–Crippen MR) is 34.9 cm³/mol. The average molecular weight is 126 g/mol. The number of rotatable bonds is 1. The van der Waals surface area contributed by atoms with Gasteiger partial charge in [-0.1, -0.05) is 18.2 Å². The summed E-state index contributed by atoms with van der Waals surface area (Å²) >= 11 is 0.769. The minimum atomic E-state index is 0.769. The van der Waals surface area contributed by atoms with Crippen molar-refractivity contribution in [1.82, 2.24) is 0 Å². The van der Waals surface area contributed by atoms with E-state index in [1.54, 1.807) is 0 Å². The zero-order valence-electron chi connectivity index (χ0n) is 4.24. The van der Waals surface area contributed by atoms with Gasteiger partial charge in [0.05, 0.1) is 0 Å². The average Bonchev–Trinajstić information content (AvgIpc) is 1.90. The lowest BCUT2D eigenvalue weighted by Gasteiger charge is -1.87. The summed E-state index contributed by atoms with van der Waals surface area (Å²) < 4.78 is 8.45. The monoisotopic (exact) mass is 126 g/mol. The molecule has 0 heterocycles. The van der Waals surface area contributed by atoms with E-state index in [0.717, 1.165) is 16.9 Å². The molecule has 0 aliphatic heterocycles. The van der Waals surface area contributed by atoms with Crippen molar-refractivity contribution in [3.05, 3.63) is 30.3 Å². The number of hydrogen-bond donors (Lipinski definition) is 1. The van der Waals surface area contributed by atoms with E-state index in [9.17, 15) is 0 Å². The van der Waals surface area contributed by atoms with Gasteiger partial charge in [-0.25, -0.2) is 0 Å². The summed E-state index contributed by atoms with van der Waals surface area (Å²) in [5.41, 5.74) is 0. The van der Waals surface area contributed by atoms with Crippen molar-refractivity contribution in [2.24, 2.45) is 0 Å². The lowest BCUT2D eigenvalue weighted by Crippen LogP contribution is -1.63. The van der Waals surface area contributed by atoms with Gasteiger partial charge in [0.15, 0.2) is 0 Å². The molecule has 0 aliphatic rings. The van der Waals surface area contributed by atoms with Gasteiger partial charge in [0.25, 0.3) is 0 Å². The Morgan fingerprint density at radius 3 is 2.12 bits per heavy atom. The number of hydrogen-bond acceptors (Lipinski definition) is 2. The zero-order valence-corrected chi connectivity index (χ0v) is 5.06. The van der Waals surface area contributed by atoms with E-state index in [0.29, 0.717) is 0 Å². The lowest BCUT2D eigenvalue weighted by atomic mass is 10.4. The standard InChI is InChI=1S/C6H6OS/c7-8-6-4-2-1-3-5-6/h1-5,7H. The molecule has 0 saturated heterocycles. The highest BCUT2D eigenvalue weighted by atomic mass is 32.2. The van der Waals surface area contributed by atoms with Crippen LogP contribution in [0, 0.1) is 0 Å². The lowest BCUT2D eigenvalue weighted by molar-refractivity contribution is 0.664. The van der Waals surface area contributed by atoms with Crippen molar-refractivity contribution in [3.8, 4) is 0 Å². The molecule has 0 aromatic heterocycles. The van der Waals surface area contributed by atoms with Crippen molar-refractivity contribution in [1.29, 1.82) is 0 Å². The highest BCUT2D eigenvalue weighted by Crippen LogP contribution is 2.10. The first kappa shape index (κ1) is 5.66. The van der Waals surface area contributed by atoms with Crippen molar-refractivity contribution < 1.29 is 4.55 Å². The van der Waals surface area contributed by atoms with Crippen LogP contribution in [-0.4, -0.2) is 4.55 Å². The summed E-state index contributed by atoms with van der Waals surface area (Å²) in [7, 11) is 0. The first-order valence-electron chi connectivity index (χ1n) is 2.30. The maximum atomic E-state index is 8.45. The van der Waals surface area contributed by atoms with E-state index in [1.807, 2.05) is 30.3 Å².